The molecular weight excluding hydrogens is 256 g/mol. The molecule has 0 saturated carbocycles. The summed E-state index contributed by atoms with van der Waals surface area (Å²) in [5.41, 5.74) is 2.52. The molecule has 1 nitrogen and oxygen atoms in total. The number of aryl methyl sites for hydroxylation is 1. The fraction of sp³-hybridized carbons (Fsp3) is 0.200. The zero-order valence-electron chi connectivity index (χ0n) is 12.1. The van der Waals surface area contributed by atoms with Gasteiger partial charge in [0.05, 0.1) is 6.10 Å². The van der Waals surface area contributed by atoms with E-state index >= 15 is 0 Å². The summed E-state index contributed by atoms with van der Waals surface area (Å²) in [5, 5.41) is 12.8. The second kappa shape index (κ2) is 6.55. The van der Waals surface area contributed by atoms with E-state index < -0.39 is 0 Å². The molecule has 3 aromatic carbocycles. The number of aliphatic hydroxyl groups excluding tert-OH is 1. The van der Waals surface area contributed by atoms with E-state index in [2.05, 4.69) is 54.6 Å². The second-order valence-corrected chi connectivity index (χ2v) is 5.52. The summed E-state index contributed by atoms with van der Waals surface area (Å²) in [4.78, 5) is 0. The van der Waals surface area contributed by atoms with Crippen LogP contribution >= 0.6 is 0 Å². The average Bonchev–Trinajstić information content (AvgIpc) is 2.54. The van der Waals surface area contributed by atoms with Crippen molar-refractivity contribution in [3.8, 4) is 0 Å². The summed E-state index contributed by atoms with van der Waals surface area (Å²) in [5.74, 6) is 0. The highest BCUT2D eigenvalue weighted by molar-refractivity contribution is 5.85. The van der Waals surface area contributed by atoms with Gasteiger partial charge in [0.1, 0.15) is 0 Å². The lowest BCUT2D eigenvalue weighted by Gasteiger charge is -2.12. The molecule has 0 saturated heterocycles. The van der Waals surface area contributed by atoms with E-state index in [0.717, 1.165) is 19.3 Å². The van der Waals surface area contributed by atoms with Gasteiger partial charge in [-0.3, -0.25) is 0 Å². The number of hydrogen-bond donors (Lipinski definition) is 1. The zero-order chi connectivity index (χ0) is 14.5. The minimum Gasteiger partial charge on any atom is -0.393 e. The van der Waals surface area contributed by atoms with Crippen LogP contribution in [0.4, 0.5) is 0 Å². The lowest BCUT2D eigenvalue weighted by atomic mass is 9.97. The second-order valence-electron chi connectivity index (χ2n) is 5.52. The molecule has 3 rings (SSSR count). The highest BCUT2D eigenvalue weighted by Gasteiger charge is 2.07. The van der Waals surface area contributed by atoms with Crippen molar-refractivity contribution in [2.75, 3.05) is 0 Å². The Hall–Kier alpha value is -2.12. The van der Waals surface area contributed by atoms with Crippen LogP contribution in [-0.2, 0) is 12.8 Å². The van der Waals surface area contributed by atoms with Crippen molar-refractivity contribution in [2.45, 2.75) is 25.4 Å². The molecule has 3 aromatic rings. The third-order valence-electron chi connectivity index (χ3n) is 3.94. The summed E-state index contributed by atoms with van der Waals surface area (Å²) in [6.45, 7) is 0. The molecule has 1 atom stereocenters. The van der Waals surface area contributed by atoms with Crippen LogP contribution in [0.3, 0.4) is 0 Å². The minimum atomic E-state index is -0.286. The van der Waals surface area contributed by atoms with Crippen molar-refractivity contribution in [3.05, 3.63) is 83.9 Å². The molecule has 0 spiro atoms. The van der Waals surface area contributed by atoms with E-state index in [1.165, 1.54) is 21.9 Å². The maximum absolute atomic E-state index is 10.2. The van der Waals surface area contributed by atoms with Gasteiger partial charge >= 0.3 is 0 Å². The first-order valence-electron chi connectivity index (χ1n) is 7.51. The molecule has 106 valence electrons. The van der Waals surface area contributed by atoms with Crippen molar-refractivity contribution in [1.29, 1.82) is 0 Å². The van der Waals surface area contributed by atoms with Crippen molar-refractivity contribution >= 4 is 10.8 Å². The van der Waals surface area contributed by atoms with Crippen LogP contribution in [0.5, 0.6) is 0 Å². The molecule has 1 unspecified atom stereocenters. The number of rotatable bonds is 5. The summed E-state index contributed by atoms with van der Waals surface area (Å²) >= 11 is 0. The van der Waals surface area contributed by atoms with Gasteiger partial charge in [-0.1, -0.05) is 72.8 Å². The van der Waals surface area contributed by atoms with Crippen LogP contribution in [0, 0.1) is 0 Å². The SMILES string of the molecule is OC(CCc1cccc2ccccc12)Cc1ccccc1. The fourth-order valence-corrected chi connectivity index (χ4v) is 2.82. The number of fused-ring (bicyclic) bond motifs is 1. The summed E-state index contributed by atoms with van der Waals surface area (Å²) < 4.78 is 0. The van der Waals surface area contributed by atoms with Crippen molar-refractivity contribution in [2.24, 2.45) is 0 Å². The molecule has 0 heterocycles. The third kappa shape index (κ3) is 3.50. The smallest absolute Gasteiger partial charge is 0.0583 e. The number of hydrogen-bond acceptors (Lipinski definition) is 1. The van der Waals surface area contributed by atoms with Gasteiger partial charge in [-0.05, 0) is 41.2 Å². The van der Waals surface area contributed by atoms with E-state index in [4.69, 9.17) is 0 Å². The Kier molecular flexibility index (Phi) is 4.32. The summed E-state index contributed by atoms with van der Waals surface area (Å²) in [7, 11) is 0. The molecule has 0 aliphatic rings. The molecule has 1 N–H and O–H groups in total. The van der Waals surface area contributed by atoms with Gasteiger partial charge in [0.25, 0.3) is 0 Å². The maximum atomic E-state index is 10.2. The predicted octanol–water partition coefficient (Wildman–Crippen LogP) is 4.38. The molecule has 0 radical (unpaired) electrons. The van der Waals surface area contributed by atoms with Crippen molar-refractivity contribution < 1.29 is 5.11 Å². The van der Waals surface area contributed by atoms with Crippen LogP contribution < -0.4 is 0 Å². The molecule has 0 aromatic heterocycles. The normalized spacial score (nSPS) is 12.4. The highest BCUT2D eigenvalue weighted by Crippen LogP contribution is 2.20. The molecular formula is C20H20O. The molecule has 0 fully saturated rings. The highest BCUT2D eigenvalue weighted by atomic mass is 16.3. The molecule has 0 aliphatic carbocycles. The number of benzene rings is 3. The van der Waals surface area contributed by atoms with E-state index in [1.54, 1.807) is 0 Å². The van der Waals surface area contributed by atoms with Crippen LogP contribution in [0.2, 0.25) is 0 Å². The largest absolute Gasteiger partial charge is 0.393 e. The standard InChI is InChI=1S/C20H20O/c21-19(15-16-7-2-1-3-8-16)14-13-18-11-6-10-17-9-4-5-12-20(17)18/h1-12,19,21H,13-15H2. The molecule has 21 heavy (non-hydrogen) atoms. The monoisotopic (exact) mass is 276 g/mol. The molecule has 1 heteroatoms. The van der Waals surface area contributed by atoms with Gasteiger partial charge in [0.2, 0.25) is 0 Å². The molecule has 0 aliphatic heterocycles. The van der Waals surface area contributed by atoms with Crippen LogP contribution in [0.1, 0.15) is 17.5 Å². The maximum Gasteiger partial charge on any atom is 0.0583 e. The Balaban J connectivity index is 1.66. The molecule has 0 amide bonds. The first-order valence-corrected chi connectivity index (χ1v) is 7.51. The van der Waals surface area contributed by atoms with Gasteiger partial charge in [-0.25, -0.2) is 0 Å². The van der Waals surface area contributed by atoms with Gasteiger partial charge < -0.3 is 5.11 Å². The zero-order valence-corrected chi connectivity index (χ0v) is 12.1. The Labute approximate surface area is 125 Å². The van der Waals surface area contributed by atoms with Crippen LogP contribution in [-0.4, -0.2) is 11.2 Å². The third-order valence-corrected chi connectivity index (χ3v) is 3.94. The van der Waals surface area contributed by atoms with Crippen LogP contribution in [0.25, 0.3) is 10.8 Å². The van der Waals surface area contributed by atoms with Gasteiger partial charge in [0.15, 0.2) is 0 Å². The first kappa shape index (κ1) is 13.8. The Morgan fingerprint density at radius 3 is 2.33 bits per heavy atom. The van der Waals surface area contributed by atoms with Crippen molar-refractivity contribution in [1.82, 2.24) is 0 Å². The Bertz CT molecular complexity index is 698. The molecule has 0 bridgehead atoms. The quantitative estimate of drug-likeness (QED) is 0.733. The average molecular weight is 276 g/mol. The van der Waals surface area contributed by atoms with Gasteiger partial charge in [-0.15, -0.1) is 0 Å². The van der Waals surface area contributed by atoms with Crippen molar-refractivity contribution in [3.63, 3.8) is 0 Å². The predicted molar refractivity (Wildman–Crippen MR) is 88.4 cm³/mol. The topological polar surface area (TPSA) is 20.2 Å². The van der Waals surface area contributed by atoms with E-state index in [9.17, 15) is 5.11 Å². The lowest BCUT2D eigenvalue weighted by Crippen LogP contribution is -2.11. The summed E-state index contributed by atoms with van der Waals surface area (Å²) in [6, 6.07) is 25.0. The fourth-order valence-electron chi connectivity index (χ4n) is 2.82. The van der Waals surface area contributed by atoms with Crippen LogP contribution in [0.15, 0.2) is 72.8 Å². The Morgan fingerprint density at radius 1 is 0.762 bits per heavy atom. The van der Waals surface area contributed by atoms with E-state index in [-0.39, 0.29) is 6.10 Å². The van der Waals surface area contributed by atoms with Gasteiger partial charge in [-0.2, -0.15) is 0 Å². The van der Waals surface area contributed by atoms with E-state index in [0.29, 0.717) is 0 Å². The summed E-state index contributed by atoms with van der Waals surface area (Å²) in [6.07, 6.45) is 2.15. The van der Waals surface area contributed by atoms with E-state index in [1.807, 2.05) is 18.2 Å². The first-order chi connectivity index (χ1) is 10.3. The minimum absolute atomic E-state index is 0.286. The van der Waals surface area contributed by atoms with Gasteiger partial charge in [0, 0.05) is 0 Å². The number of aliphatic hydroxyl groups is 1. The lowest BCUT2D eigenvalue weighted by molar-refractivity contribution is 0.165. The Morgan fingerprint density at radius 2 is 1.48 bits per heavy atom.